The molecule has 2 aromatic carbocycles. The number of hydrogen-bond acceptors (Lipinski definition) is 6. The fourth-order valence-electron chi connectivity index (χ4n) is 3.28. The molecule has 0 amide bonds. The topological polar surface area (TPSA) is 88.8 Å². The number of fused-ring (bicyclic) bond motifs is 2. The number of hydrogen-bond donors (Lipinski definition) is 2. The van der Waals surface area contributed by atoms with E-state index in [2.05, 4.69) is 25.4 Å². The highest BCUT2D eigenvalue weighted by molar-refractivity contribution is 5.98. The second kappa shape index (κ2) is 6.31. The number of aromatic nitrogens is 5. The van der Waals surface area contributed by atoms with E-state index in [1.54, 1.807) is 23.1 Å². The van der Waals surface area contributed by atoms with Crippen molar-refractivity contribution in [3.63, 3.8) is 0 Å². The van der Waals surface area contributed by atoms with Crippen LogP contribution in [0.15, 0.2) is 67.4 Å². The number of aromatic hydroxyl groups is 1. The molecule has 3 aromatic heterocycles. The highest BCUT2D eigenvalue weighted by atomic mass is 16.3. The Hall–Kier alpha value is -4.00. The zero-order chi connectivity index (χ0) is 19.1. The first kappa shape index (κ1) is 16.2. The van der Waals surface area contributed by atoms with E-state index < -0.39 is 0 Å². The highest BCUT2D eigenvalue weighted by Crippen LogP contribution is 2.35. The van der Waals surface area contributed by atoms with Gasteiger partial charge in [-0.05, 0) is 35.9 Å². The van der Waals surface area contributed by atoms with Crippen LogP contribution in [-0.4, -0.2) is 29.8 Å². The van der Waals surface area contributed by atoms with Gasteiger partial charge in [-0.15, -0.1) is 0 Å². The Kier molecular flexibility index (Phi) is 3.65. The third-order valence-corrected chi connectivity index (χ3v) is 4.62. The van der Waals surface area contributed by atoms with Gasteiger partial charge in [-0.2, -0.15) is 5.10 Å². The van der Waals surface area contributed by atoms with Crippen LogP contribution < -0.4 is 5.32 Å². The van der Waals surface area contributed by atoms with Crippen molar-refractivity contribution in [2.45, 2.75) is 0 Å². The maximum atomic E-state index is 10.7. The summed E-state index contributed by atoms with van der Waals surface area (Å²) in [5.41, 5.74) is 4.12. The number of rotatable bonds is 3. The van der Waals surface area contributed by atoms with Crippen molar-refractivity contribution >= 4 is 33.3 Å². The van der Waals surface area contributed by atoms with E-state index in [1.165, 1.54) is 6.33 Å². The number of benzene rings is 2. The molecule has 0 bridgehead atoms. The van der Waals surface area contributed by atoms with Gasteiger partial charge in [0.05, 0.1) is 22.6 Å². The number of nitrogens with zero attached hydrogens (tertiary/aromatic N) is 5. The van der Waals surface area contributed by atoms with Gasteiger partial charge >= 0.3 is 0 Å². The fourth-order valence-corrected chi connectivity index (χ4v) is 3.28. The largest absolute Gasteiger partial charge is 0.507 e. The average Bonchev–Trinajstić information content (AvgIpc) is 3.14. The van der Waals surface area contributed by atoms with Crippen LogP contribution in [0.25, 0.3) is 32.9 Å². The van der Waals surface area contributed by atoms with E-state index in [4.69, 9.17) is 0 Å². The summed E-state index contributed by atoms with van der Waals surface area (Å²) < 4.78 is 1.72. The first-order chi connectivity index (χ1) is 13.7. The van der Waals surface area contributed by atoms with Gasteiger partial charge in [-0.3, -0.25) is 9.67 Å². The Morgan fingerprint density at radius 2 is 1.89 bits per heavy atom. The Morgan fingerprint density at radius 3 is 2.75 bits per heavy atom. The first-order valence-electron chi connectivity index (χ1n) is 8.76. The molecule has 0 aliphatic carbocycles. The lowest BCUT2D eigenvalue weighted by molar-refractivity contribution is 0.482. The van der Waals surface area contributed by atoms with Crippen LogP contribution >= 0.6 is 0 Å². The maximum absolute atomic E-state index is 10.7. The first-order valence-corrected chi connectivity index (χ1v) is 8.76. The summed E-state index contributed by atoms with van der Waals surface area (Å²) in [6.07, 6.45) is 6.89. The molecule has 0 atom stereocenters. The summed E-state index contributed by atoms with van der Waals surface area (Å²) in [6, 6.07) is 13.4. The number of pyridine rings is 1. The number of aryl methyl sites for hydroxylation is 1. The molecule has 0 spiro atoms. The second-order valence-electron chi connectivity index (χ2n) is 6.55. The highest BCUT2D eigenvalue weighted by Gasteiger charge is 2.13. The summed E-state index contributed by atoms with van der Waals surface area (Å²) in [4.78, 5) is 13.0. The van der Waals surface area contributed by atoms with Crippen molar-refractivity contribution < 1.29 is 5.11 Å². The third kappa shape index (κ3) is 2.79. The molecule has 136 valence electrons. The van der Waals surface area contributed by atoms with Crippen LogP contribution in [0, 0.1) is 0 Å². The molecule has 0 saturated heterocycles. The van der Waals surface area contributed by atoms with Gasteiger partial charge in [-0.25, -0.2) is 9.97 Å². The van der Waals surface area contributed by atoms with Crippen molar-refractivity contribution in [1.29, 1.82) is 0 Å². The van der Waals surface area contributed by atoms with Crippen molar-refractivity contribution in [3.8, 4) is 16.9 Å². The van der Waals surface area contributed by atoms with Gasteiger partial charge in [-0.1, -0.05) is 12.1 Å². The Balaban J connectivity index is 1.59. The van der Waals surface area contributed by atoms with Crippen LogP contribution in [0.5, 0.6) is 5.75 Å². The predicted octanol–water partition coefficient (Wildman–Crippen LogP) is 4.03. The van der Waals surface area contributed by atoms with Gasteiger partial charge in [0.25, 0.3) is 0 Å². The van der Waals surface area contributed by atoms with Crippen molar-refractivity contribution in [3.05, 3.63) is 67.4 Å². The molecule has 5 aromatic rings. The number of anilines is 2. The molecular weight excluding hydrogens is 352 g/mol. The minimum Gasteiger partial charge on any atom is -0.507 e. The lowest BCUT2D eigenvalue weighted by Gasteiger charge is -2.11. The Morgan fingerprint density at radius 1 is 0.964 bits per heavy atom. The zero-order valence-electron chi connectivity index (χ0n) is 15.0. The summed E-state index contributed by atoms with van der Waals surface area (Å²) in [6.45, 7) is 0. The van der Waals surface area contributed by atoms with Gasteiger partial charge < -0.3 is 10.4 Å². The molecule has 0 aliphatic rings. The second-order valence-corrected chi connectivity index (χ2v) is 6.55. The van der Waals surface area contributed by atoms with E-state index in [-0.39, 0.29) is 5.75 Å². The standard InChI is InChI=1S/C21H16N6O/c1-27-11-15(10-25-27)14-7-18-20(19(28)8-14)21(24-12-23-18)26-16-5-4-13-3-2-6-22-17(13)9-16/h2-12,28H,1H3,(H,23,24,26). The molecule has 0 radical (unpaired) electrons. The molecule has 0 aliphatic heterocycles. The van der Waals surface area contributed by atoms with E-state index in [0.29, 0.717) is 16.7 Å². The lowest BCUT2D eigenvalue weighted by atomic mass is 10.1. The molecule has 3 heterocycles. The zero-order valence-corrected chi connectivity index (χ0v) is 15.0. The molecule has 5 rings (SSSR count). The van der Waals surface area contributed by atoms with E-state index in [9.17, 15) is 5.11 Å². The summed E-state index contributed by atoms with van der Waals surface area (Å²) in [5.74, 6) is 0.647. The molecule has 28 heavy (non-hydrogen) atoms. The smallest absolute Gasteiger partial charge is 0.145 e. The monoisotopic (exact) mass is 368 g/mol. The quantitative estimate of drug-likeness (QED) is 0.500. The Labute approximate surface area is 160 Å². The maximum Gasteiger partial charge on any atom is 0.145 e. The molecule has 7 nitrogen and oxygen atoms in total. The molecular formula is C21H16N6O. The molecule has 0 saturated carbocycles. The van der Waals surface area contributed by atoms with Crippen molar-refractivity contribution in [2.75, 3.05) is 5.32 Å². The number of phenolic OH excluding ortho intramolecular Hbond substituents is 1. The Bertz CT molecular complexity index is 1330. The number of nitrogens with one attached hydrogen (secondary N) is 1. The fraction of sp³-hybridized carbons (Fsp3) is 0.0476. The van der Waals surface area contributed by atoms with Gasteiger partial charge in [0, 0.05) is 36.1 Å². The van der Waals surface area contributed by atoms with E-state index >= 15 is 0 Å². The normalized spacial score (nSPS) is 11.2. The van der Waals surface area contributed by atoms with Crippen molar-refractivity contribution in [1.82, 2.24) is 24.7 Å². The SMILES string of the molecule is Cn1cc(-c2cc(O)c3c(Nc4ccc5cccnc5c4)ncnc3c2)cn1. The van der Waals surface area contributed by atoms with Crippen molar-refractivity contribution in [2.24, 2.45) is 7.05 Å². The van der Waals surface area contributed by atoms with Gasteiger partial charge in [0.1, 0.15) is 17.9 Å². The molecule has 2 N–H and O–H groups in total. The molecule has 0 unspecified atom stereocenters. The summed E-state index contributed by atoms with van der Waals surface area (Å²) >= 11 is 0. The van der Waals surface area contributed by atoms with Gasteiger partial charge in [0.2, 0.25) is 0 Å². The summed E-state index contributed by atoms with van der Waals surface area (Å²) in [5, 5.41) is 19.8. The molecule has 0 fully saturated rings. The summed E-state index contributed by atoms with van der Waals surface area (Å²) in [7, 11) is 1.85. The van der Waals surface area contributed by atoms with Crippen LogP contribution in [0.3, 0.4) is 0 Å². The van der Waals surface area contributed by atoms with Crippen LogP contribution in [-0.2, 0) is 7.05 Å². The number of phenols is 1. The average molecular weight is 368 g/mol. The van der Waals surface area contributed by atoms with E-state index in [0.717, 1.165) is 27.7 Å². The molecule has 7 heteroatoms. The minimum atomic E-state index is 0.110. The van der Waals surface area contributed by atoms with Crippen LogP contribution in [0.1, 0.15) is 0 Å². The van der Waals surface area contributed by atoms with Gasteiger partial charge in [0.15, 0.2) is 0 Å². The third-order valence-electron chi connectivity index (χ3n) is 4.62. The lowest BCUT2D eigenvalue weighted by Crippen LogP contribution is -1.97. The van der Waals surface area contributed by atoms with E-state index in [1.807, 2.05) is 49.6 Å². The van der Waals surface area contributed by atoms with Crippen LogP contribution in [0.4, 0.5) is 11.5 Å². The van der Waals surface area contributed by atoms with Crippen LogP contribution in [0.2, 0.25) is 0 Å². The minimum absolute atomic E-state index is 0.110. The predicted molar refractivity (Wildman–Crippen MR) is 108 cm³/mol.